The zero-order valence-electron chi connectivity index (χ0n) is 22.0. The van der Waals surface area contributed by atoms with Crippen LogP contribution in [0.1, 0.15) is 19.4 Å². The molecule has 202 valence electrons. The number of esters is 2. The molecule has 0 saturated heterocycles. The smallest absolute Gasteiger partial charge is 0.338 e. The second-order valence-corrected chi connectivity index (χ2v) is 9.14. The Labute approximate surface area is 231 Å². The summed E-state index contributed by atoms with van der Waals surface area (Å²) in [6.45, 7) is 10.3. The van der Waals surface area contributed by atoms with Gasteiger partial charge in [0.25, 0.3) is 0 Å². The third-order valence-electron chi connectivity index (χ3n) is 5.85. The molecule has 0 saturated carbocycles. The standard InChI is InChI=1S/C33H26F2O5/c1-20(2)32(36)39-30-15-11-25(17-28(30)34)23-7-5-22(6-8-23)19-38-27-13-9-24(10-14-27)26-12-16-31(29(35)18-26)40-33(37)21(3)4/h5-18H,1,3,19H2,2,4H3. The zero-order chi connectivity index (χ0) is 28.8. The first kappa shape index (κ1) is 28.0. The first-order valence-corrected chi connectivity index (χ1v) is 12.3. The molecule has 0 heterocycles. The molecule has 0 aliphatic carbocycles. The molecule has 0 spiro atoms. The number of hydrogen-bond donors (Lipinski definition) is 0. The maximum atomic E-state index is 14.4. The summed E-state index contributed by atoms with van der Waals surface area (Å²) >= 11 is 0. The van der Waals surface area contributed by atoms with Crippen LogP contribution in [-0.2, 0) is 16.2 Å². The van der Waals surface area contributed by atoms with Crippen LogP contribution in [-0.4, -0.2) is 11.9 Å². The highest BCUT2D eigenvalue weighted by molar-refractivity contribution is 5.89. The van der Waals surface area contributed by atoms with E-state index in [1.807, 2.05) is 24.3 Å². The summed E-state index contributed by atoms with van der Waals surface area (Å²) in [7, 11) is 0. The maximum absolute atomic E-state index is 14.4. The molecule has 0 bridgehead atoms. The molecule has 4 rings (SSSR count). The second kappa shape index (κ2) is 12.2. The van der Waals surface area contributed by atoms with Crippen LogP contribution in [0, 0.1) is 11.6 Å². The monoisotopic (exact) mass is 540 g/mol. The van der Waals surface area contributed by atoms with E-state index in [4.69, 9.17) is 14.2 Å². The van der Waals surface area contributed by atoms with Crippen LogP contribution in [0.2, 0.25) is 0 Å². The van der Waals surface area contributed by atoms with E-state index in [1.165, 1.54) is 38.1 Å². The minimum absolute atomic E-state index is 0.154. The maximum Gasteiger partial charge on any atom is 0.338 e. The summed E-state index contributed by atoms with van der Waals surface area (Å²) < 4.78 is 44.7. The number of carbonyl (C=O) groups is 2. The van der Waals surface area contributed by atoms with Crippen molar-refractivity contribution in [2.75, 3.05) is 0 Å². The Kier molecular flexibility index (Phi) is 8.54. The van der Waals surface area contributed by atoms with Gasteiger partial charge in [-0.25, -0.2) is 18.4 Å². The molecule has 4 aromatic rings. The fourth-order valence-corrected chi connectivity index (χ4v) is 3.60. The molecular weight excluding hydrogens is 514 g/mol. The number of halogens is 2. The fourth-order valence-electron chi connectivity index (χ4n) is 3.60. The molecule has 40 heavy (non-hydrogen) atoms. The van der Waals surface area contributed by atoms with Crippen molar-refractivity contribution in [1.82, 2.24) is 0 Å². The van der Waals surface area contributed by atoms with Gasteiger partial charge in [0.15, 0.2) is 23.1 Å². The summed E-state index contributed by atoms with van der Waals surface area (Å²) in [5, 5.41) is 0. The van der Waals surface area contributed by atoms with E-state index in [-0.39, 0.29) is 22.6 Å². The molecular formula is C33H26F2O5. The van der Waals surface area contributed by atoms with Crippen molar-refractivity contribution in [2.45, 2.75) is 20.5 Å². The number of carbonyl (C=O) groups excluding carboxylic acids is 2. The van der Waals surface area contributed by atoms with E-state index in [9.17, 15) is 18.4 Å². The van der Waals surface area contributed by atoms with Crippen molar-refractivity contribution in [3.05, 3.63) is 126 Å². The van der Waals surface area contributed by atoms with Crippen molar-refractivity contribution < 1.29 is 32.6 Å². The molecule has 0 fully saturated rings. The van der Waals surface area contributed by atoms with E-state index in [2.05, 4.69) is 13.2 Å². The van der Waals surface area contributed by atoms with Crippen molar-refractivity contribution in [3.8, 4) is 39.5 Å². The van der Waals surface area contributed by atoms with Gasteiger partial charge in [-0.3, -0.25) is 0 Å². The highest BCUT2D eigenvalue weighted by atomic mass is 19.1. The highest BCUT2D eigenvalue weighted by Gasteiger charge is 2.13. The topological polar surface area (TPSA) is 61.8 Å². The van der Waals surface area contributed by atoms with E-state index in [0.717, 1.165) is 16.7 Å². The van der Waals surface area contributed by atoms with Crippen molar-refractivity contribution in [3.63, 3.8) is 0 Å². The van der Waals surface area contributed by atoms with Gasteiger partial charge in [0, 0.05) is 11.1 Å². The average Bonchev–Trinajstić information content (AvgIpc) is 2.94. The van der Waals surface area contributed by atoms with E-state index in [0.29, 0.717) is 23.5 Å². The normalized spacial score (nSPS) is 10.5. The second-order valence-electron chi connectivity index (χ2n) is 9.14. The minimum Gasteiger partial charge on any atom is -0.489 e. The van der Waals surface area contributed by atoms with Gasteiger partial charge in [-0.05, 0) is 78.1 Å². The lowest BCUT2D eigenvalue weighted by Gasteiger charge is -2.10. The van der Waals surface area contributed by atoms with Gasteiger partial charge in [0.05, 0.1) is 0 Å². The number of benzene rings is 4. The predicted molar refractivity (Wildman–Crippen MR) is 149 cm³/mol. The molecule has 5 nitrogen and oxygen atoms in total. The lowest BCUT2D eigenvalue weighted by atomic mass is 10.0. The Morgan fingerprint density at radius 2 is 1.02 bits per heavy atom. The highest BCUT2D eigenvalue weighted by Crippen LogP contribution is 2.29. The Bertz CT molecular complexity index is 1470. The lowest BCUT2D eigenvalue weighted by Crippen LogP contribution is -2.09. The van der Waals surface area contributed by atoms with E-state index < -0.39 is 23.6 Å². The largest absolute Gasteiger partial charge is 0.489 e. The summed E-state index contributed by atoms with van der Waals surface area (Å²) in [5.74, 6) is -2.35. The van der Waals surface area contributed by atoms with Crippen LogP contribution >= 0.6 is 0 Å². The molecule has 0 atom stereocenters. The molecule has 0 aliphatic rings. The Balaban J connectivity index is 1.36. The predicted octanol–water partition coefficient (Wildman–Crippen LogP) is 7.84. The molecule has 0 N–H and O–H groups in total. The van der Waals surface area contributed by atoms with Gasteiger partial charge < -0.3 is 14.2 Å². The number of rotatable bonds is 9. The first-order chi connectivity index (χ1) is 19.1. The number of ether oxygens (including phenoxy) is 3. The summed E-state index contributed by atoms with van der Waals surface area (Å²) in [6.07, 6.45) is 0. The van der Waals surface area contributed by atoms with Crippen molar-refractivity contribution >= 4 is 11.9 Å². The van der Waals surface area contributed by atoms with Gasteiger partial charge in [0.1, 0.15) is 12.4 Å². The minimum atomic E-state index is -0.686. The molecule has 7 heteroatoms. The third-order valence-corrected chi connectivity index (χ3v) is 5.85. The molecule has 0 amide bonds. The van der Waals surface area contributed by atoms with Crippen LogP contribution < -0.4 is 14.2 Å². The Hall–Kier alpha value is -5.04. The van der Waals surface area contributed by atoms with Crippen LogP contribution in [0.3, 0.4) is 0 Å². The Morgan fingerprint density at radius 3 is 1.43 bits per heavy atom. The van der Waals surface area contributed by atoms with Crippen LogP contribution in [0.5, 0.6) is 17.2 Å². The van der Waals surface area contributed by atoms with E-state index in [1.54, 1.807) is 36.4 Å². The lowest BCUT2D eigenvalue weighted by molar-refractivity contribution is -0.131. The van der Waals surface area contributed by atoms with Gasteiger partial charge in [0.2, 0.25) is 0 Å². The quantitative estimate of drug-likeness (QED) is 0.123. The van der Waals surface area contributed by atoms with Crippen LogP contribution in [0.4, 0.5) is 8.78 Å². The van der Waals surface area contributed by atoms with Crippen LogP contribution in [0.25, 0.3) is 22.3 Å². The summed E-state index contributed by atoms with van der Waals surface area (Å²) in [6, 6.07) is 23.4. The molecule has 4 aromatic carbocycles. The average molecular weight is 541 g/mol. The molecule has 0 aromatic heterocycles. The van der Waals surface area contributed by atoms with Gasteiger partial charge in [-0.1, -0.05) is 61.7 Å². The van der Waals surface area contributed by atoms with Gasteiger partial charge in [-0.15, -0.1) is 0 Å². The van der Waals surface area contributed by atoms with E-state index >= 15 is 0 Å². The number of hydrogen-bond acceptors (Lipinski definition) is 5. The summed E-state index contributed by atoms with van der Waals surface area (Å²) in [5.41, 5.74) is 4.08. The van der Waals surface area contributed by atoms with Crippen molar-refractivity contribution in [1.29, 1.82) is 0 Å². The fraction of sp³-hybridized carbons (Fsp3) is 0.0909. The van der Waals surface area contributed by atoms with Crippen LogP contribution in [0.15, 0.2) is 109 Å². The molecule has 0 radical (unpaired) electrons. The first-order valence-electron chi connectivity index (χ1n) is 12.3. The summed E-state index contributed by atoms with van der Waals surface area (Å²) in [4.78, 5) is 23.3. The zero-order valence-corrected chi connectivity index (χ0v) is 22.0. The molecule has 0 unspecified atom stereocenters. The van der Waals surface area contributed by atoms with Crippen molar-refractivity contribution in [2.24, 2.45) is 0 Å². The van der Waals surface area contributed by atoms with Gasteiger partial charge >= 0.3 is 11.9 Å². The SMILES string of the molecule is C=C(C)C(=O)Oc1ccc(-c2ccc(COc3ccc(-c4ccc(OC(=O)C(=C)C)c(F)c4)cc3)cc2)cc1F. The van der Waals surface area contributed by atoms with Gasteiger partial charge in [-0.2, -0.15) is 0 Å². The Morgan fingerprint density at radius 1 is 0.625 bits per heavy atom. The molecule has 0 aliphatic heterocycles. The third kappa shape index (κ3) is 6.88.